The second kappa shape index (κ2) is 9.88. The Kier molecular flexibility index (Phi) is 6.74. The van der Waals surface area contributed by atoms with E-state index in [4.69, 9.17) is 12.2 Å². The average molecular weight is 505 g/mol. The second-order valence-corrected chi connectivity index (χ2v) is 8.02. The number of halogens is 2. The number of ether oxygens (including phenoxy) is 1. The van der Waals surface area contributed by atoms with Crippen LogP contribution in [0.25, 0.3) is 11.4 Å². The predicted molar refractivity (Wildman–Crippen MR) is 121 cm³/mol. The highest BCUT2D eigenvalue weighted by Gasteiger charge is 2.18. The number of aromatic nitrogens is 6. The van der Waals surface area contributed by atoms with Gasteiger partial charge in [0.25, 0.3) is 5.69 Å². The maximum Gasteiger partial charge on any atom is 0.387 e. The SMILES string of the molecule is Cn1cnnc1Sc1ccc(/C=N\n2c(-c3ccc(OC(F)F)cc3)n[nH]c2=S)cc1[N+](=O)[O-]. The van der Waals surface area contributed by atoms with E-state index < -0.39 is 11.5 Å². The van der Waals surface area contributed by atoms with Crippen molar-refractivity contribution in [3.63, 3.8) is 0 Å². The van der Waals surface area contributed by atoms with Gasteiger partial charge in [0.1, 0.15) is 12.1 Å². The van der Waals surface area contributed by atoms with E-state index in [9.17, 15) is 18.9 Å². The van der Waals surface area contributed by atoms with Crippen molar-refractivity contribution in [3.05, 3.63) is 69.2 Å². The van der Waals surface area contributed by atoms with Gasteiger partial charge < -0.3 is 9.30 Å². The van der Waals surface area contributed by atoms with Gasteiger partial charge in [0, 0.05) is 24.2 Å². The van der Waals surface area contributed by atoms with Gasteiger partial charge >= 0.3 is 6.61 Å². The molecule has 15 heteroatoms. The van der Waals surface area contributed by atoms with Gasteiger partial charge in [0.05, 0.1) is 16.0 Å². The van der Waals surface area contributed by atoms with Crippen LogP contribution in [0.1, 0.15) is 5.56 Å². The zero-order valence-corrected chi connectivity index (χ0v) is 18.8. The molecule has 0 saturated carbocycles. The fourth-order valence-electron chi connectivity index (χ4n) is 2.80. The van der Waals surface area contributed by atoms with Crippen molar-refractivity contribution in [3.8, 4) is 17.1 Å². The van der Waals surface area contributed by atoms with Crippen LogP contribution in [0.5, 0.6) is 5.75 Å². The Bertz CT molecular complexity index is 1420. The number of nitrogens with one attached hydrogen (secondary N) is 1. The summed E-state index contributed by atoms with van der Waals surface area (Å²) in [6.45, 7) is -2.93. The molecule has 11 nitrogen and oxygen atoms in total. The number of nitro benzene ring substituents is 1. The third kappa shape index (κ3) is 5.15. The lowest BCUT2D eigenvalue weighted by molar-refractivity contribution is -0.387. The van der Waals surface area contributed by atoms with Gasteiger partial charge in [-0.3, -0.25) is 10.1 Å². The Hall–Kier alpha value is -3.98. The molecular formula is C19H14F2N8O3S2. The third-order valence-electron chi connectivity index (χ3n) is 4.36. The number of benzene rings is 2. The van der Waals surface area contributed by atoms with Crippen LogP contribution in [0.4, 0.5) is 14.5 Å². The minimum Gasteiger partial charge on any atom is -0.435 e. The van der Waals surface area contributed by atoms with Crippen LogP contribution in [-0.2, 0) is 7.05 Å². The van der Waals surface area contributed by atoms with E-state index in [1.165, 1.54) is 47.5 Å². The zero-order chi connectivity index (χ0) is 24.2. The quantitative estimate of drug-likeness (QED) is 0.163. The molecule has 0 spiro atoms. The molecule has 0 saturated heterocycles. The lowest BCUT2D eigenvalue weighted by Crippen LogP contribution is -2.01. The number of rotatable bonds is 8. The third-order valence-corrected chi connectivity index (χ3v) is 5.74. The number of nitrogens with zero attached hydrogens (tertiary/aromatic N) is 7. The minimum atomic E-state index is -2.93. The molecule has 0 bridgehead atoms. The topological polar surface area (TPSA) is 129 Å². The van der Waals surface area contributed by atoms with E-state index in [0.717, 1.165) is 11.8 Å². The monoisotopic (exact) mass is 504 g/mol. The molecule has 0 radical (unpaired) electrons. The lowest BCUT2D eigenvalue weighted by Gasteiger charge is -2.05. The molecule has 0 aliphatic heterocycles. The van der Waals surface area contributed by atoms with Crippen LogP contribution in [0.3, 0.4) is 0 Å². The molecule has 174 valence electrons. The average Bonchev–Trinajstić information content (AvgIpc) is 3.38. The van der Waals surface area contributed by atoms with Crippen molar-refractivity contribution in [2.75, 3.05) is 0 Å². The van der Waals surface area contributed by atoms with E-state index in [0.29, 0.717) is 27.0 Å². The number of nitro groups is 1. The fraction of sp³-hybridized carbons (Fsp3) is 0.105. The Morgan fingerprint density at radius 2 is 2.06 bits per heavy atom. The van der Waals surface area contributed by atoms with E-state index >= 15 is 0 Å². The molecule has 4 rings (SSSR count). The van der Waals surface area contributed by atoms with Crippen molar-refractivity contribution >= 4 is 35.9 Å². The molecule has 2 aromatic carbocycles. The number of hydrogen-bond acceptors (Lipinski definition) is 9. The van der Waals surface area contributed by atoms with Crippen molar-refractivity contribution < 1.29 is 18.4 Å². The van der Waals surface area contributed by atoms with Gasteiger partial charge in [-0.25, -0.2) is 5.10 Å². The number of H-pyrrole nitrogens is 1. The van der Waals surface area contributed by atoms with Crippen molar-refractivity contribution in [1.29, 1.82) is 0 Å². The fourth-order valence-corrected chi connectivity index (χ4v) is 3.83. The zero-order valence-electron chi connectivity index (χ0n) is 17.2. The summed E-state index contributed by atoms with van der Waals surface area (Å²) in [6.07, 6.45) is 2.90. The van der Waals surface area contributed by atoms with Crippen molar-refractivity contribution in [2.45, 2.75) is 16.7 Å². The summed E-state index contributed by atoms with van der Waals surface area (Å²) in [7, 11) is 1.74. The molecule has 0 aliphatic carbocycles. The van der Waals surface area contributed by atoms with Crippen LogP contribution in [0.15, 0.2) is 63.9 Å². The van der Waals surface area contributed by atoms with Gasteiger partial charge in [0.2, 0.25) is 4.77 Å². The molecule has 0 amide bonds. The van der Waals surface area contributed by atoms with Crippen LogP contribution < -0.4 is 4.74 Å². The summed E-state index contributed by atoms with van der Waals surface area (Å²) in [4.78, 5) is 11.5. The molecular weight excluding hydrogens is 490 g/mol. The smallest absolute Gasteiger partial charge is 0.387 e. The normalized spacial score (nSPS) is 11.4. The summed E-state index contributed by atoms with van der Waals surface area (Å²) < 4.78 is 32.2. The van der Waals surface area contributed by atoms with Gasteiger partial charge in [-0.2, -0.15) is 23.7 Å². The molecule has 0 fully saturated rings. The Labute approximate surface area is 199 Å². The summed E-state index contributed by atoms with van der Waals surface area (Å²) in [5.74, 6) is 0.309. The lowest BCUT2D eigenvalue weighted by atomic mass is 10.2. The van der Waals surface area contributed by atoms with Crippen LogP contribution >= 0.6 is 24.0 Å². The van der Waals surface area contributed by atoms with Gasteiger partial charge in [-0.05, 0) is 54.3 Å². The highest BCUT2D eigenvalue weighted by molar-refractivity contribution is 7.99. The summed E-state index contributed by atoms with van der Waals surface area (Å²) in [5.41, 5.74) is 0.860. The predicted octanol–water partition coefficient (Wildman–Crippen LogP) is 4.28. The molecule has 2 aromatic heterocycles. The van der Waals surface area contributed by atoms with Crippen molar-refractivity contribution in [1.82, 2.24) is 29.6 Å². The first kappa shape index (κ1) is 23.2. The Morgan fingerprint density at radius 1 is 1.29 bits per heavy atom. The van der Waals surface area contributed by atoms with Gasteiger partial charge in [0.15, 0.2) is 11.0 Å². The largest absolute Gasteiger partial charge is 0.435 e. The summed E-state index contributed by atoms with van der Waals surface area (Å²) in [6, 6.07) is 10.4. The molecule has 2 heterocycles. The molecule has 0 unspecified atom stereocenters. The highest BCUT2D eigenvalue weighted by atomic mass is 32.2. The summed E-state index contributed by atoms with van der Waals surface area (Å²) in [5, 5.41) is 30.8. The maximum atomic E-state index is 12.4. The molecule has 34 heavy (non-hydrogen) atoms. The standard InChI is InChI=1S/C19H14F2N8O3S2/c1-27-10-22-26-19(27)34-15-7-2-11(8-14(15)29(30)31)9-23-28-16(24-25-18(28)33)12-3-5-13(6-4-12)32-17(20)21/h2-10,17H,1H3,(H,25,33)/b23-9-. The van der Waals surface area contributed by atoms with Crippen LogP contribution in [-0.4, -0.2) is 47.4 Å². The van der Waals surface area contributed by atoms with E-state index in [-0.39, 0.29) is 16.2 Å². The van der Waals surface area contributed by atoms with E-state index in [1.807, 2.05) is 0 Å². The molecule has 4 aromatic rings. The van der Waals surface area contributed by atoms with Gasteiger partial charge in [-0.1, -0.05) is 6.07 Å². The Morgan fingerprint density at radius 3 is 2.71 bits per heavy atom. The first-order chi connectivity index (χ1) is 16.3. The molecule has 0 aliphatic rings. The maximum absolute atomic E-state index is 12.4. The highest BCUT2D eigenvalue weighted by Crippen LogP contribution is 2.34. The first-order valence-corrected chi connectivity index (χ1v) is 10.6. The first-order valence-electron chi connectivity index (χ1n) is 9.39. The van der Waals surface area contributed by atoms with Crippen LogP contribution in [0.2, 0.25) is 0 Å². The minimum absolute atomic E-state index is 0.00507. The summed E-state index contributed by atoms with van der Waals surface area (Å²) >= 11 is 6.33. The number of hydrogen-bond donors (Lipinski definition) is 1. The van der Waals surface area contributed by atoms with Gasteiger partial charge in [-0.15, -0.1) is 10.2 Å². The molecule has 0 atom stereocenters. The second-order valence-electron chi connectivity index (χ2n) is 6.62. The molecule has 1 N–H and O–H groups in total. The van der Waals surface area contributed by atoms with Crippen LogP contribution in [0, 0.1) is 14.9 Å². The van der Waals surface area contributed by atoms with E-state index in [2.05, 4.69) is 30.2 Å². The van der Waals surface area contributed by atoms with E-state index in [1.54, 1.807) is 23.7 Å². The Balaban J connectivity index is 1.61. The number of aromatic amines is 1. The number of alkyl halides is 2. The van der Waals surface area contributed by atoms with Crippen molar-refractivity contribution in [2.24, 2.45) is 12.1 Å². The number of aryl methyl sites for hydroxylation is 1.